The molecular formula is C19H21NO4. The van der Waals surface area contributed by atoms with Crippen LogP contribution >= 0.6 is 0 Å². The smallest absolute Gasteiger partial charge is 0.339 e. The summed E-state index contributed by atoms with van der Waals surface area (Å²) in [6.07, 6.45) is 1.35. The Morgan fingerprint density at radius 3 is 2.25 bits per heavy atom. The highest BCUT2D eigenvalue weighted by Crippen LogP contribution is 2.36. The maximum Gasteiger partial charge on any atom is 0.339 e. The molecule has 5 heteroatoms. The number of nitrogens with one attached hydrogen (secondary N) is 1. The number of benzene rings is 2. The van der Waals surface area contributed by atoms with Crippen molar-refractivity contribution < 1.29 is 19.7 Å². The second-order valence-corrected chi connectivity index (χ2v) is 6.14. The normalized spacial score (nSPS) is 16.5. The molecule has 0 bridgehead atoms. The van der Waals surface area contributed by atoms with Gasteiger partial charge in [-0.1, -0.05) is 30.3 Å². The number of phenols is 2. The lowest BCUT2D eigenvalue weighted by molar-refractivity contribution is -0.0379. The summed E-state index contributed by atoms with van der Waals surface area (Å²) in [5, 5.41) is 23.0. The van der Waals surface area contributed by atoms with Gasteiger partial charge in [-0.2, -0.15) is 0 Å². The highest BCUT2D eigenvalue weighted by atomic mass is 16.6. The van der Waals surface area contributed by atoms with Gasteiger partial charge in [0.1, 0.15) is 17.1 Å². The number of esters is 1. The maximum absolute atomic E-state index is 12.6. The van der Waals surface area contributed by atoms with Crippen molar-refractivity contribution in [2.24, 2.45) is 0 Å². The first kappa shape index (κ1) is 16.3. The molecule has 0 radical (unpaired) electrons. The van der Waals surface area contributed by atoms with Crippen LogP contribution in [0.25, 0.3) is 0 Å². The van der Waals surface area contributed by atoms with Crippen LogP contribution in [0.1, 0.15) is 34.3 Å². The number of ether oxygens (including phenoxy) is 1. The highest BCUT2D eigenvalue weighted by molar-refractivity contribution is 5.91. The molecule has 3 N–H and O–H groups in total. The van der Waals surface area contributed by atoms with E-state index in [-0.39, 0.29) is 17.1 Å². The number of carbonyl (C=O) groups excluding carboxylic acids is 1. The van der Waals surface area contributed by atoms with Gasteiger partial charge in [-0.05, 0) is 37.7 Å². The summed E-state index contributed by atoms with van der Waals surface area (Å²) in [5.41, 5.74) is 0.746. The fraction of sp³-hybridized carbons (Fsp3) is 0.316. The van der Waals surface area contributed by atoms with E-state index in [1.165, 1.54) is 12.1 Å². The predicted octanol–water partition coefficient (Wildman–Crippen LogP) is 2.84. The van der Waals surface area contributed by atoms with Crippen LogP contribution in [-0.4, -0.2) is 29.3 Å². The van der Waals surface area contributed by atoms with Crippen molar-refractivity contribution in [3.05, 3.63) is 59.2 Å². The Morgan fingerprint density at radius 1 is 1.08 bits per heavy atom. The minimum Gasteiger partial charge on any atom is -0.508 e. The molecule has 126 valence electrons. The Kier molecular flexibility index (Phi) is 4.44. The minimum absolute atomic E-state index is 0.124. The number of carbonyl (C=O) groups is 1. The van der Waals surface area contributed by atoms with Crippen LogP contribution in [0.5, 0.6) is 11.5 Å². The van der Waals surface area contributed by atoms with Crippen LogP contribution < -0.4 is 5.32 Å². The Labute approximate surface area is 140 Å². The van der Waals surface area contributed by atoms with Gasteiger partial charge in [0.2, 0.25) is 0 Å². The average molecular weight is 327 g/mol. The first-order valence-corrected chi connectivity index (χ1v) is 8.04. The SMILES string of the molecule is Cc1c(O)cc(C(=O)OC2(c3ccccc3)CCNCC2)cc1O. The number of rotatable bonds is 3. The molecular weight excluding hydrogens is 306 g/mol. The van der Waals surface area contributed by atoms with Crippen LogP contribution in [0.2, 0.25) is 0 Å². The van der Waals surface area contributed by atoms with Gasteiger partial charge in [-0.25, -0.2) is 4.79 Å². The Hall–Kier alpha value is -2.53. The fourth-order valence-electron chi connectivity index (χ4n) is 3.06. The van der Waals surface area contributed by atoms with Crippen molar-refractivity contribution >= 4 is 5.97 Å². The largest absolute Gasteiger partial charge is 0.508 e. The molecule has 3 rings (SSSR count). The minimum atomic E-state index is -0.695. The summed E-state index contributed by atoms with van der Waals surface area (Å²) < 4.78 is 5.90. The second kappa shape index (κ2) is 6.53. The molecule has 0 atom stereocenters. The van der Waals surface area contributed by atoms with Crippen LogP contribution in [0.3, 0.4) is 0 Å². The van der Waals surface area contributed by atoms with E-state index in [2.05, 4.69) is 5.32 Å². The summed E-state index contributed by atoms with van der Waals surface area (Å²) in [6.45, 7) is 3.09. The molecule has 0 unspecified atom stereocenters. The predicted molar refractivity (Wildman–Crippen MR) is 90.1 cm³/mol. The lowest BCUT2D eigenvalue weighted by Gasteiger charge is -2.37. The van der Waals surface area contributed by atoms with Crippen LogP contribution in [0, 0.1) is 6.92 Å². The van der Waals surface area contributed by atoms with E-state index in [9.17, 15) is 15.0 Å². The van der Waals surface area contributed by atoms with Gasteiger partial charge < -0.3 is 20.3 Å². The summed E-state index contributed by atoms with van der Waals surface area (Å²) in [6, 6.07) is 12.4. The standard InChI is InChI=1S/C19H21NO4/c1-13-16(21)11-14(12-17(13)22)18(23)24-19(7-9-20-10-8-19)15-5-3-2-4-6-15/h2-6,11-12,20-22H,7-10H2,1H3. The molecule has 5 nitrogen and oxygen atoms in total. The van der Waals surface area contributed by atoms with E-state index in [4.69, 9.17) is 4.74 Å². The molecule has 1 saturated heterocycles. The molecule has 1 aliphatic heterocycles. The zero-order chi connectivity index (χ0) is 17.2. The number of aromatic hydroxyl groups is 2. The van der Waals surface area contributed by atoms with Crippen molar-refractivity contribution in [1.29, 1.82) is 0 Å². The maximum atomic E-state index is 12.6. The van der Waals surface area contributed by atoms with Gasteiger partial charge in [0, 0.05) is 18.4 Å². The summed E-state index contributed by atoms with van der Waals surface area (Å²) in [4.78, 5) is 12.6. The number of hydrogen-bond donors (Lipinski definition) is 3. The summed E-state index contributed by atoms with van der Waals surface area (Å²) >= 11 is 0. The molecule has 1 aliphatic rings. The van der Waals surface area contributed by atoms with E-state index in [0.29, 0.717) is 18.4 Å². The second-order valence-electron chi connectivity index (χ2n) is 6.14. The van der Waals surface area contributed by atoms with Crippen LogP contribution in [0.4, 0.5) is 0 Å². The van der Waals surface area contributed by atoms with E-state index in [1.807, 2.05) is 30.3 Å². The molecule has 1 heterocycles. The van der Waals surface area contributed by atoms with Crippen molar-refractivity contribution in [2.75, 3.05) is 13.1 Å². The molecule has 0 spiro atoms. The molecule has 2 aromatic rings. The Bertz CT molecular complexity index is 713. The van der Waals surface area contributed by atoms with E-state index < -0.39 is 11.6 Å². The molecule has 0 aromatic heterocycles. The van der Waals surface area contributed by atoms with E-state index in [0.717, 1.165) is 18.7 Å². The number of piperidine rings is 1. The van der Waals surface area contributed by atoms with Crippen molar-refractivity contribution in [3.8, 4) is 11.5 Å². The molecule has 0 aliphatic carbocycles. The van der Waals surface area contributed by atoms with Gasteiger partial charge in [0.15, 0.2) is 0 Å². The molecule has 2 aromatic carbocycles. The quantitative estimate of drug-likeness (QED) is 0.756. The lowest BCUT2D eigenvalue weighted by atomic mass is 9.84. The molecule has 24 heavy (non-hydrogen) atoms. The van der Waals surface area contributed by atoms with Gasteiger partial charge in [0.25, 0.3) is 0 Å². The zero-order valence-corrected chi connectivity index (χ0v) is 13.6. The van der Waals surface area contributed by atoms with Crippen molar-refractivity contribution in [1.82, 2.24) is 5.32 Å². The topological polar surface area (TPSA) is 78.8 Å². The van der Waals surface area contributed by atoms with Crippen LogP contribution in [-0.2, 0) is 10.3 Å². The third-order valence-corrected chi connectivity index (χ3v) is 4.59. The Morgan fingerprint density at radius 2 is 1.67 bits per heavy atom. The number of hydrogen-bond acceptors (Lipinski definition) is 5. The van der Waals surface area contributed by atoms with Gasteiger partial charge in [-0.15, -0.1) is 0 Å². The summed E-state index contributed by atoms with van der Waals surface area (Å²) in [5.74, 6) is -0.798. The molecule has 0 saturated carbocycles. The molecule has 1 fully saturated rings. The highest BCUT2D eigenvalue weighted by Gasteiger charge is 2.38. The van der Waals surface area contributed by atoms with Gasteiger partial charge in [-0.3, -0.25) is 0 Å². The first-order valence-electron chi connectivity index (χ1n) is 8.04. The first-order chi connectivity index (χ1) is 11.5. The van der Waals surface area contributed by atoms with Crippen molar-refractivity contribution in [2.45, 2.75) is 25.4 Å². The average Bonchev–Trinajstić information content (AvgIpc) is 2.60. The Balaban J connectivity index is 1.92. The van der Waals surface area contributed by atoms with Crippen LogP contribution in [0.15, 0.2) is 42.5 Å². The third-order valence-electron chi connectivity index (χ3n) is 4.59. The zero-order valence-electron chi connectivity index (χ0n) is 13.6. The van der Waals surface area contributed by atoms with Gasteiger partial charge in [0.05, 0.1) is 5.56 Å². The lowest BCUT2D eigenvalue weighted by Crippen LogP contribution is -2.43. The molecule has 0 amide bonds. The van der Waals surface area contributed by atoms with E-state index in [1.54, 1.807) is 6.92 Å². The van der Waals surface area contributed by atoms with Gasteiger partial charge >= 0.3 is 5.97 Å². The monoisotopic (exact) mass is 327 g/mol. The third kappa shape index (κ3) is 3.08. The fourth-order valence-corrected chi connectivity index (χ4v) is 3.06. The summed E-state index contributed by atoms with van der Waals surface area (Å²) in [7, 11) is 0. The van der Waals surface area contributed by atoms with Crippen molar-refractivity contribution in [3.63, 3.8) is 0 Å². The van der Waals surface area contributed by atoms with E-state index >= 15 is 0 Å². The number of phenolic OH excluding ortho intramolecular Hbond substituents is 2.